The van der Waals surface area contributed by atoms with Crippen molar-refractivity contribution in [1.29, 1.82) is 0 Å². The summed E-state index contributed by atoms with van der Waals surface area (Å²) in [7, 11) is 0. The summed E-state index contributed by atoms with van der Waals surface area (Å²) in [5.74, 6) is 1.50. The number of nitrogens with zero attached hydrogens (tertiary/aromatic N) is 1. The Morgan fingerprint density at radius 3 is 3.07 bits per heavy atom. The van der Waals surface area contributed by atoms with Crippen molar-refractivity contribution in [3.8, 4) is 5.75 Å². The Hall–Kier alpha value is -1.55. The van der Waals surface area contributed by atoms with Gasteiger partial charge in [-0.15, -0.1) is 0 Å². The summed E-state index contributed by atoms with van der Waals surface area (Å²) in [5.41, 5.74) is 7.04. The predicted octanol–water partition coefficient (Wildman–Crippen LogP) is 1.73. The largest absolute Gasteiger partial charge is 0.494 e. The number of rotatable bonds is 4. The lowest BCUT2D eigenvalue weighted by Gasteiger charge is -2.00. The first-order valence-corrected chi connectivity index (χ1v) is 5.06. The highest BCUT2D eigenvalue weighted by Crippen LogP contribution is 2.21. The summed E-state index contributed by atoms with van der Waals surface area (Å²) in [4.78, 5) is 4.32. The third kappa shape index (κ3) is 2.10. The first-order valence-electron chi connectivity index (χ1n) is 5.06. The summed E-state index contributed by atoms with van der Waals surface area (Å²) in [5, 5.41) is 0. The van der Waals surface area contributed by atoms with Gasteiger partial charge in [-0.2, -0.15) is 0 Å². The molecule has 2 N–H and O–H groups in total. The zero-order valence-electron chi connectivity index (χ0n) is 8.69. The number of benzene rings is 1. The highest BCUT2D eigenvalue weighted by atomic mass is 16.5. The molecule has 0 aliphatic carbocycles. The Kier molecular flexibility index (Phi) is 2.87. The molecule has 1 aromatic carbocycles. The van der Waals surface area contributed by atoms with Gasteiger partial charge in [0, 0.05) is 19.0 Å². The molecule has 0 radical (unpaired) electrons. The van der Waals surface area contributed by atoms with Crippen LogP contribution in [0.2, 0.25) is 0 Å². The van der Waals surface area contributed by atoms with Crippen molar-refractivity contribution < 1.29 is 9.15 Å². The average molecular weight is 206 g/mol. The number of fused-ring (bicyclic) bond motifs is 1. The van der Waals surface area contributed by atoms with E-state index in [1.54, 1.807) is 0 Å². The van der Waals surface area contributed by atoms with Crippen LogP contribution in [0.25, 0.3) is 11.1 Å². The molecule has 4 nitrogen and oxygen atoms in total. The van der Waals surface area contributed by atoms with E-state index in [2.05, 4.69) is 4.98 Å². The first kappa shape index (κ1) is 9.98. The maximum Gasteiger partial charge on any atom is 0.196 e. The van der Waals surface area contributed by atoms with Gasteiger partial charge in [0.05, 0.1) is 6.61 Å². The van der Waals surface area contributed by atoms with E-state index in [1.165, 1.54) is 0 Å². The van der Waals surface area contributed by atoms with Crippen molar-refractivity contribution in [1.82, 2.24) is 4.98 Å². The molecule has 0 fully saturated rings. The molecule has 0 aliphatic rings. The van der Waals surface area contributed by atoms with Gasteiger partial charge < -0.3 is 14.9 Å². The van der Waals surface area contributed by atoms with Crippen LogP contribution < -0.4 is 10.5 Å². The van der Waals surface area contributed by atoms with Crippen LogP contribution in [0.3, 0.4) is 0 Å². The highest BCUT2D eigenvalue weighted by Gasteiger charge is 2.05. The number of aromatic nitrogens is 1. The molecule has 80 valence electrons. The zero-order valence-corrected chi connectivity index (χ0v) is 8.69. The minimum absolute atomic E-state index is 0.547. The summed E-state index contributed by atoms with van der Waals surface area (Å²) in [6, 6.07) is 5.62. The third-order valence-corrected chi connectivity index (χ3v) is 2.07. The van der Waals surface area contributed by atoms with Gasteiger partial charge in [0.25, 0.3) is 0 Å². The van der Waals surface area contributed by atoms with Gasteiger partial charge >= 0.3 is 0 Å². The molecule has 0 saturated carbocycles. The second-order valence-corrected chi connectivity index (χ2v) is 3.21. The second-order valence-electron chi connectivity index (χ2n) is 3.21. The molecule has 0 saturated heterocycles. The monoisotopic (exact) mass is 206 g/mol. The van der Waals surface area contributed by atoms with Gasteiger partial charge in [-0.25, -0.2) is 4.98 Å². The second kappa shape index (κ2) is 4.31. The molecule has 0 atom stereocenters. The van der Waals surface area contributed by atoms with E-state index in [0.29, 0.717) is 25.5 Å². The fourth-order valence-electron chi connectivity index (χ4n) is 1.44. The van der Waals surface area contributed by atoms with Crippen LogP contribution in [0.4, 0.5) is 0 Å². The number of nitrogens with two attached hydrogens (primary N) is 1. The Morgan fingerprint density at radius 2 is 2.33 bits per heavy atom. The van der Waals surface area contributed by atoms with Gasteiger partial charge in [0.15, 0.2) is 11.5 Å². The molecule has 0 spiro atoms. The summed E-state index contributed by atoms with van der Waals surface area (Å²) in [6.45, 7) is 3.15. The molecule has 0 aliphatic heterocycles. The van der Waals surface area contributed by atoms with Gasteiger partial charge in [0.1, 0.15) is 11.3 Å². The van der Waals surface area contributed by atoms with E-state index in [9.17, 15) is 0 Å². The number of oxazole rings is 1. The Balaban J connectivity index is 2.34. The van der Waals surface area contributed by atoms with E-state index in [0.717, 1.165) is 16.8 Å². The summed E-state index contributed by atoms with van der Waals surface area (Å²) < 4.78 is 10.9. The topological polar surface area (TPSA) is 61.3 Å². The normalized spacial score (nSPS) is 10.8. The van der Waals surface area contributed by atoms with Crippen LogP contribution in [-0.2, 0) is 6.42 Å². The quantitative estimate of drug-likeness (QED) is 0.827. The fraction of sp³-hybridized carbons (Fsp3) is 0.364. The van der Waals surface area contributed by atoms with E-state index in [1.807, 2.05) is 25.1 Å². The summed E-state index contributed by atoms with van der Waals surface area (Å²) >= 11 is 0. The molecule has 4 heteroatoms. The van der Waals surface area contributed by atoms with Crippen LogP contribution in [0, 0.1) is 0 Å². The van der Waals surface area contributed by atoms with Crippen molar-refractivity contribution >= 4 is 11.1 Å². The number of hydrogen-bond acceptors (Lipinski definition) is 4. The molecule has 2 rings (SSSR count). The van der Waals surface area contributed by atoms with Gasteiger partial charge in [-0.05, 0) is 19.1 Å². The van der Waals surface area contributed by atoms with E-state index in [-0.39, 0.29) is 0 Å². The maximum absolute atomic E-state index is 5.49. The van der Waals surface area contributed by atoms with Crippen LogP contribution in [0.5, 0.6) is 5.75 Å². The molecular formula is C11H14N2O2. The van der Waals surface area contributed by atoms with E-state index >= 15 is 0 Å². The molecule has 1 heterocycles. The molecule has 1 aromatic heterocycles. The molecule has 0 amide bonds. The van der Waals surface area contributed by atoms with Gasteiger partial charge in [0.2, 0.25) is 0 Å². The lowest BCUT2D eigenvalue weighted by molar-refractivity contribution is 0.340. The number of hydrogen-bond donors (Lipinski definition) is 1. The molecule has 2 aromatic rings. The Bertz CT molecular complexity index is 447. The van der Waals surface area contributed by atoms with Crippen molar-refractivity contribution in [2.45, 2.75) is 13.3 Å². The third-order valence-electron chi connectivity index (χ3n) is 2.07. The highest BCUT2D eigenvalue weighted by molar-refractivity contribution is 5.74. The van der Waals surface area contributed by atoms with Crippen molar-refractivity contribution in [2.75, 3.05) is 13.2 Å². The van der Waals surface area contributed by atoms with Gasteiger partial charge in [-0.3, -0.25) is 0 Å². The summed E-state index contributed by atoms with van der Waals surface area (Å²) in [6.07, 6.45) is 0.665. The molecule has 0 bridgehead atoms. The Labute approximate surface area is 88.0 Å². The van der Waals surface area contributed by atoms with Crippen LogP contribution in [0.15, 0.2) is 22.6 Å². The fourth-order valence-corrected chi connectivity index (χ4v) is 1.44. The van der Waals surface area contributed by atoms with Crippen LogP contribution in [0.1, 0.15) is 12.8 Å². The lowest BCUT2D eigenvalue weighted by atomic mass is 10.3. The first-order chi connectivity index (χ1) is 7.33. The van der Waals surface area contributed by atoms with Gasteiger partial charge in [-0.1, -0.05) is 0 Å². The predicted molar refractivity (Wildman–Crippen MR) is 57.9 cm³/mol. The van der Waals surface area contributed by atoms with E-state index in [4.69, 9.17) is 14.9 Å². The number of ether oxygens (including phenoxy) is 1. The minimum atomic E-state index is 0.547. The minimum Gasteiger partial charge on any atom is -0.494 e. The lowest BCUT2D eigenvalue weighted by Crippen LogP contribution is -2.02. The smallest absolute Gasteiger partial charge is 0.196 e. The van der Waals surface area contributed by atoms with E-state index < -0.39 is 0 Å². The van der Waals surface area contributed by atoms with Crippen molar-refractivity contribution in [3.05, 3.63) is 24.1 Å². The van der Waals surface area contributed by atoms with Crippen molar-refractivity contribution in [2.24, 2.45) is 5.73 Å². The average Bonchev–Trinajstić information content (AvgIpc) is 2.60. The maximum atomic E-state index is 5.49. The van der Waals surface area contributed by atoms with Crippen molar-refractivity contribution in [3.63, 3.8) is 0 Å². The Morgan fingerprint density at radius 1 is 1.47 bits per heavy atom. The standard InChI is InChI=1S/C11H14N2O2/c1-2-14-8-3-4-10-9(7-8)13-11(15-10)5-6-12/h3-4,7H,2,5-6,12H2,1H3. The molecule has 0 unspecified atom stereocenters. The SMILES string of the molecule is CCOc1ccc2oc(CCN)nc2c1. The zero-order chi connectivity index (χ0) is 10.7. The van der Waals surface area contributed by atoms with Crippen LogP contribution >= 0.6 is 0 Å². The molecule has 15 heavy (non-hydrogen) atoms. The molecular weight excluding hydrogens is 192 g/mol. The van der Waals surface area contributed by atoms with Crippen LogP contribution in [-0.4, -0.2) is 18.1 Å².